The summed E-state index contributed by atoms with van der Waals surface area (Å²) in [5.74, 6) is -0.363. The summed E-state index contributed by atoms with van der Waals surface area (Å²) in [5.41, 5.74) is 0. The van der Waals surface area contributed by atoms with Crippen molar-refractivity contribution in [2.24, 2.45) is 0 Å². The number of ether oxygens (including phenoxy) is 5. The summed E-state index contributed by atoms with van der Waals surface area (Å²) in [4.78, 5) is 49.4. The molecule has 424 valence electrons. The van der Waals surface area contributed by atoms with Crippen LogP contribution >= 0.6 is 15.6 Å². The highest BCUT2D eigenvalue weighted by Gasteiger charge is 2.20. The lowest BCUT2D eigenvalue weighted by atomic mass is 10.0. The van der Waals surface area contributed by atoms with Crippen molar-refractivity contribution < 1.29 is 70.3 Å². The zero-order valence-corrected chi connectivity index (χ0v) is 46.9. The predicted molar refractivity (Wildman–Crippen MR) is 278 cm³/mol. The fourth-order valence-electron chi connectivity index (χ4n) is 7.76. The van der Waals surface area contributed by atoms with E-state index in [0.717, 1.165) is 45.6 Å². The number of unbranched alkanes of at least 4 members (excludes halogenated alkanes) is 28. The van der Waals surface area contributed by atoms with E-state index >= 15 is 0 Å². The van der Waals surface area contributed by atoms with Crippen LogP contribution in [0.1, 0.15) is 219 Å². The van der Waals surface area contributed by atoms with Crippen LogP contribution in [0.25, 0.3) is 0 Å². The van der Waals surface area contributed by atoms with Gasteiger partial charge in [0.1, 0.15) is 6.10 Å². The standard InChI is InChI=1S/C52H106N2O15P2/c1-4-6-8-10-12-14-16-18-20-22-24-26-28-30-32-34-51(55)53-48-50(49-54-52(56)35-33-31-29-27-25-23-21-19-17-15-13-11-9-7-5-2)69-71(59,60)68-47-45-66-43-41-64-39-37-62-36-38-63-40-42-65-44-46-67-70(57,58)61-3/h50H,4-49H2,1-3H3,(H,53,55)(H,54,56)(H,57,58)(H,59,60)/p-2. The van der Waals surface area contributed by atoms with E-state index in [1.165, 1.54) is 154 Å². The predicted octanol–water partition coefficient (Wildman–Crippen LogP) is 10.8. The Morgan fingerprint density at radius 3 is 0.887 bits per heavy atom. The fourth-order valence-corrected chi connectivity index (χ4v) is 9.03. The van der Waals surface area contributed by atoms with Crippen LogP contribution in [0.3, 0.4) is 0 Å². The van der Waals surface area contributed by atoms with Gasteiger partial charge in [0.05, 0.1) is 79.3 Å². The second kappa shape index (κ2) is 53.8. The number of nitrogens with one attached hydrogen (secondary N) is 2. The van der Waals surface area contributed by atoms with Crippen LogP contribution in [0.2, 0.25) is 0 Å². The van der Waals surface area contributed by atoms with E-state index < -0.39 is 21.7 Å². The molecule has 0 bridgehead atoms. The van der Waals surface area contributed by atoms with Crippen molar-refractivity contribution in [1.29, 1.82) is 0 Å². The maximum atomic E-state index is 12.8. The van der Waals surface area contributed by atoms with Gasteiger partial charge in [0.2, 0.25) is 11.8 Å². The van der Waals surface area contributed by atoms with Gasteiger partial charge in [-0.3, -0.25) is 18.7 Å². The van der Waals surface area contributed by atoms with Gasteiger partial charge >= 0.3 is 0 Å². The number of amides is 2. The maximum Gasteiger partial charge on any atom is 0.268 e. The molecule has 0 rings (SSSR count). The molecule has 2 amide bonds. The van der Waals surface area contributed by atoms with E-state index in [0.29, 0.717) is 45.9 Å². The quantitative estimate of drug-likeness (QED) is 0.0427. The second-order valence-corrected chi connectivity index (χ2v) is 21.4. The third kappa shape index (κ3) is 55.0. The molecule has 0 aliphatic heterocycles. The molecule has 0 aromatic carbocycles. The molecule has 17 nitrogen and oxygen atoms in total. The normalized spacial score (nSPS) is 13.4. The first-order valence-corrected chi connectivity index (χ1v) is 31.0. The van der Waals surface area contributed by atoms with Crippen LogP contribution in [0, 0.1) is 0 Å². The lowest BCUT2D eigenvalue weighted by Crippen LogP contribution is -2.41. The van der Waals surface area contributed by atoms with Gasteiger partial charge in [0, 0.05) is 33.0 Å². The second-order valence-electron chi connectivity index (χ2n) is 18.5. The average molecular weight is 1060 g/mol. The first-order valence-electron chi connectivity index (χ1n) is 28.1. The van der Waals surface area contributed by atoms with Crippen molar-refractivity contribution in [2.75, 3.05) is 99.5 Å². The molecule has 71 heavy (non-hydrogen) atoms. The summed E-state index contributed by atoms with van der Waals surface area (Å²) in [6.07, 6.45) is 36.9. The summed E-state index contributed by atoms with van der Waals surface area (Å²) < 4.78 is 69.9. The van der Waals surface area contributed by atoms with Gasteiger partial charge in [-0.05, 0) is 12.8 Å². The number of phosphoric ester groups is 2. The zero-order valence-electron chi connectivity index (χ0n) is 45.1. The number of hydrogen-bond acceptors (Lipinski definition) is 15. The molecule has 0 saturated carbocycles. The van der Waals surface area contributed by atoms with Gasteiger partial charge in [0.25, 0.3) is 15.6 Å². The Balaban J connectivity index is 4.38. The molecule has 0 radical (unpaired) electrons. The number of hydrogen-bond donors (Lipinski definition) is 2. The van der Waals surface area contributed by atoms with Crippen LogP contribution in [0.15, 0.2) is 0 Å². The van der Waals surface area contributed by atoms with Gasteiger partial charge in [0.15, 0.2) is 0 Å². The van der Waals surface area contributed by atoms with Gasteiger partial charge < -0.3 is 62.2 Å². The van der Waals surface area contributed by atoms with E-state index in [1.807, 2.05) is 0 Å². The largest absolute Gasteiger partial charge is 0.756 e. The molecule has 0 aromatic heterocycles. The summed E-state index contributed by atoms with van der Waals surface area (Å²) in [7, 11) is -8.02. The molecule has 2 N–H and O–H groups in total. The Labute approximate surface area is 431 Å². The molecular formula is C52H104N2O15P2-2. The summed E-state index contributed by atoms with van der Waals surface area (Å²) in [6, 6.07) is 0. The highest BCUT2D eigenvalue weighted by molar-refractivity contribution is 7.46. The van der Waals surface area contributed by atoms with Crippen LogP contribution in [-0.2, 0) is 60.5 Å². The first kappa shape index (κ1) is 70.0. The molecule has 2 atom stereocenters. The molecule has 0 fully saturated rings. The SMILES string of the molecule is CCCCCCCCCCCCCCCCCC(=O)NCC(CNC(=O)CCCCCCCCCCCCCCCCC)OP(=O)([O-])OCCOCCOCCOCCOCCOCCOP(=O)([O-])OC. The molecular weight excluding hydrogens is 955 g/mol. The van der Waals surface area contributed by atoms with E-state index in [4.69, 9.17) is 32.7 Å². The van der Waals surface area contributed by atoms with Crippen molar-refractivity contribution in [3.05, 3.63) is 0 Å². The lowest BCUT2D eigenvalue weighted by molar-refractivity contribution is -0.230. The van der Waals surface area contributed by atoms with E-state index in [-0.39, 0.29) is 71.2 Å². The zero-order chi connectivity index (χ0) is 52.0. The molecule has 0 aliphatic rings. The van der Waals surface area contributed by atoms with Crippen LogP contribution in [0.5, 0.6) is 0 Å². The Morgan fingerprint density at radius 2 is 0.620 bits per heavy atom. The van der Waals surface area contributed by atoms with Crippen LogP contribution < -0.4 is 20.4 Å². The Kier molecular flexibility index (Phi) is 53.0. The maximum absolute atomic E-state index is 12.8. The van der Waals surface area contributed by atoms with E-state index in [9.17, 15) is 28.5 Å². The number of rotatable bonds is 59. The van der Waals surface area contributed by atoms with E-state index in [1.54, 1.807) is 0 Å². The van der Waals surface area contributed by atoms with Gasteiger partial charge in [-0.2, -0.15) is 0 Å². The average Bonchev–Trinajstić information content (AvgIpc) is 3.35. The van der Waals surface area contributed by atoms with Crippen LogP contribution in [0.4, 0.5) is 0 Å². The molecule has 0 spiro atoms. The van der Waals surface area contributed by atoms with Gasteiger partial charge in [-0.25, -0.2) is 0 Å². The Bertz CT molecular complexity index is 1210. The third-order valence-corrected chi connectivity index (χ3v) is 14.0. The molecule has 2 unspecified atom stereocenters. The van der Waals surface area contributed by atoms with Crippen molar-refractivity contribution >= 4 is 27.5 Å². The highest BCUT2D eigenvalue weighted by atomic mass is 31.2. The minimum atomic E-state index is -4.80. The highest BCUT2D eigenvalue weighted by Crippen LogP contribution is 2.39. The lowest BCUT2D eigenvalue weighted by Gasteiger charge is -2.28. The monoisotopic (exact) mass is 1060 g/mol. The van der Waals surface area contributed by atoms with Gasteiger partial charge in [-0.1, -0.05) is 194 Å². The van der Waals surface area contributed by atoms with Crippen molar-refractivity contribution in [1.82, 2.24) is 10.6 Å². The first-order chi connectivity index (χ1) is 34.5. The number of carbonyl (C=O) groups excluding carboxylic acids is 2. The Morgan fingerprint density at radius 1 is 0.380 bits per heavy atom. The van der Waals surface area contributed by atoms with Gasteiger partial charge in [-0.15, -0.1) is 0 Å². The summed E-state index contributed by atoms with van der Waals surface area (Å²) >= 11 is 0. The van der Waals surface area contributed by atoms with Crippen molar-refractivity contribution in [3.8, 4) is 0 Å². The smallest absolute Gasteiger partial charge is 0.268 e. The van der Waals surface area contributed by atoms with E-state index in [2.05, 4.69) is 33.5 Å². The minimum Gasteiger partial charge on any atom is -0.756 e. The molecule has 0 heterocycles. The third-order valence-electron chi connectivity index (χ3n) is 12.0. The van der Waals surface area contributed by atoms with Crippen molar-refractivity contribution in [3.63, 3.8) is 0 Å². The fraction of sp³-hybridized carbons (Fsp3) is 0.962. The molecule has 0 saturated heterocycles. The summed E-state index contributed by atoms with van der Waals surface area (Å²) in [5, 5.41) is 5.60. The number of phosphoric acid groups is 2. The van der Waals surface area contributed by atoms with Crippen molar-refractivity contribution in [2.45, 2.75) is 225 Å². The van der Waals surface area contributed by atoms with Crippen LogP contribution in [-0.4, -0.2) is 117 Å². The Hall–Kier alpha value is -1.04. The molecule has 19 heteroatoms. The molecule has 0 aliphatic carbocycles. The molecule has 0 aromatic rings. The number of carbonyl (C=O) groups is 2. The summed E-state index contributed by atoms with van der Waals surface area (Å²) in [6.45, 7) is 6.39. The minimum absolute atomic E-state index is 0.0211. The topological polar surface area (TPSA) is 222 Å².